The third-order valence-electron chi connectivity index (χ3n) is 2.24. The average molecular weight is 264 g/mol. The first-order chi connectivity index (χ1) is 7.86. The second kappa shape index (κ2) is 7.07. The molecular formula is C11H13LiO5S. The van der Waals surface area contributed by atoms with E-state index in [0.29, 0.717) is 0 Å². The van der Waals surface area contributed by atoms with E-state index in [9.17, 15) is 17.8 Å². The molecule has 0 aliphatic heterocycles. The number of methoxy groups -OCH3 is 1. The van der Waals surface area contributed by atoms with Crippen molar-refractivity contribution in [2.24, 2.45) is 0 Å². The van der Waals surface area contributed by atoms with E-state index >= 15 is 0 Å². The van der Waals surface area contributed by atoms with Crippen LogP contribution in [0.1, 0.15) is 22.3 Å². The molecule has 1 aromatic carbocycles. The van der Waals surface area contributed by atoms with Crippen LogP contribution in [0.15, 0.2) is 23.1 Å². The van der Waals surface area contributed by atoms with Gasteiger partial charge in [0.15, 0.2) is 5.78 Å². The molecule has 1 aromatic rings. The van der Waals surface area contributed by atoms with Gasteiger partial charge in [-0.1, -0.05) is 11.6 Å². The van der Waals surface area contributed by atoms with Crippen molar-refractivity contribution < 1.29 is 41.4 Å². The molecule has 0 aromatic heterocycles. The van der Waals surface area contributed by atoms with Crippen molar-refractivity contribution in [3.05, 3.63) is 29.3 Å². The number of Topliss-reactive ketones (excluding diaryl/α,β-unsaturated/α-hetero) is 1. The molecule has 0 unspecified atom stereocenters. The molecule has 0 radical (unpaired) electrons. The maximum Gasteiger partial charge on any atom is 1.00 e. The summed E-state index contributed by atoms with van der Waals surface area (Å²) in [7, 11) is -3.19. The molecule has 94 valence electrons. The van der Waals surface area contributed by atoms with E-state index in [1.807, 2.05) is 0 Å². The van der Waals surface area contributed by atoms with Gasteiger partial charge in [0.1, 0.15) is 10.1 Å². The second-order valence-electron chi connectivity index (χ2n) is 3.62. The van der Waals surface area contributed by atoms with Crippen LogP contribution >= 0.6 is 0 Å². The summed E-state index contributed by atoms with van der Waals surface area (Å²) in [4.78, 5) is 11.3. The van der Waals surface area contributed by atoms with Crippen LogP contribution in [0.5, 0.6) is 0 Å². The van der Waals surface area contributed by atoms with Gasteiger partial charge in [0.2, 0.25) is 0 Å². The molecule has 0 N–H and O–H groups in total. The van der Waals surface area contributed by atoms with Crippen LogP contribution in [-0.2, 0) is 14.9 Å². The molecule has 0 aliphatic carbocycles. The van der Waals surface area contributed by atoms with Crippen molar-refractivity contribution >= 4 is 15.9 Å². The minimum atomic E-state index is -4.63. The molecule has 0 saturated carbocycles. The second-order valence-corrected chi connectivity index (χ2v) is 4.97. The van der Waals surface area contributed by atoms with Crippen LogP contribution in [0.4, 0.5) is 0 Å². The van der Waals surface area contributed by atoms with Crippen LogP contribution in [-0.4, -0.2) is 32.5 Å². The fourth-order valence-electron chi connectivity index (χ4n) is 1.41. The molecule has 0 heterocycles. The molecule has 0 bridgehead atoms. The molecule has 0 atom stereocenters. The first kappa shape index (κ1) is 17.4. The van der Waals surface area contributed by atoms with E-state index in [1.54, 1.807) is 6.92 Å². The maximum atomic E-state index is 11.7. The summed E-state index contributed by atoms with van der Waals surface area (Å²) in [6, 6.07) is 4.05. The fraction of sp³-hybridized carbons (Fsp3) is 0.364. The summed E-state index contributed by atoms with van der Waals surface area (Å²) in [5.74, 6) is -0.412. The molecule has 0 saturated heterocycles. The predicted octanol–water partition coefficient (Wildman–Crippen LogP) is -1.88. The van der Waals surface area contributed by atoms with Crippen LogP contribution in [0.25, 0.3) is 0 Å². The number of carbonyl (C=O) groups is 1. The minimum Gasteiger partial charge on any atom is -0.744 e. The standard InChI is InChI=1S/C11H14O5S.Li/c1-8-3-4-11(17(13,14)15)9(7-8)10(12)5-6-16-2;/h3-4,7H,5-6H2,1-2H3,(H,13,14,15);/q;+1/p-1. The molecule has 5 nitrogen and oxygen atoms in total. The number of benzene rings is 1. The number of hydrogen-bond acceptors (Lipinski definition) is 5. The predicted molar refractivity (Wildman–Crippen MR) is 60.0 cm³/mol. The molecule has 1 rings (SSSR count). The normalized spacial score (nSPS) is 10.8. The summed E-state index contributed by atoms with van der Waals surface area (Å²) in [6.45, 7) is 1.90. The monoisotopic (exact) mass is 264 g/mol. The summed E-state index contributed by atoms with van der Waals surface area (Å²) >= 11 is 0. The van der Waals surface area contributed by atoms with Gasteiger partial charge in [-0.25, -0.2) is 8.42 Å². The van der Waals surface area contributed by atoms with Gasteiger partial charge in [0.05, 0.1) is 11.5 Å². The Morgan fingerprint density at radius 2 is 2.00 bits per heavy atom. The number of ether oxygens (including phenoxy) is 1. The Morgan fingerprint density at radius 3 is 2.50 bits per heavy atom. The number of ketones is 1. The van der Waals surface area contributed by atoms with Crippen LogP contribution in [0.3, 0.4) is 0 Å². The van der Waals surface area contributed by atoms with Gasteiger partial charge in [-0.05, 0) is 19.1 Å². The third kappa shape index (κ3) is 4.56. The summed E-state index contributed by atoms with van der Waals surface area (Å²) in [5.41, 5.74) is 0.662. The maximum absolute atomic E-state index is 11.7. The molecular weight excluding hydrogens is 251 g/mol. The average Bonchev–Trinajstić information content (AvgIpc) is 2.24. The van der Waals surface area contributed by atoms with E-state index in [0.717, 1.165) is 11.6 Å². The first-order valence-electron chi connectivity index (χ1n) is 4.95. The van der Waals surface area contributed by atoms with Gasteiger partial charge < -0.3 is 9.29 Å². The molecule has 7 heteroatoms. The summed E-state index contributed by atoms with van der Waals surface area (Å²) < 4.78 is 37.8. The number of rotatable bonds is 5. The third-order valence-corrected chi connectivity index (χ3v) is 3.13. The van der Waals surface area contributed by atoms with Crippen molar-refractivity contribution in [1.29, 1.82) is 0 Å². The Morgan fingerprint density at radius 1 is 1.39 bits per heavy atom. The number of carbonyl (C=O) groups excluding carboxylic acids is 1. The van der Waals surface area contributed by atoms with Gasteiger partial charge in [-0.3, -0.25) is 4.79 Å². The first-order valence-corrected chi connectivity index (χ1v) is 6.36. The van der Waals surface area contributed by atoms with E-state index in [-0.39, 0.29) is 37.5 Å². The molecule has 18 heavy (non-hydrogen) atoms. The molecule has 0 spiro atoms. The van der Waals surface area contributed by atoms with Gasteiger partial charge in [0.25, 0.3) is 0 Å². The minimum absolute atomic E-state index is 0. The summed E-state index contributed by atoms with van der Waals surface area (Å²) in [6.07, 6.45) is 0.0441. The fourth-order valence-corrected chi connectivity index (χ4v) is 2.09. The van der Waals surface area contributed by atoms with E-state index in [1.165, 1.54) is 19.2 Å². The van der Waals surface area contributed by atoms with E-state index in [4.69, 9.17) is 4.74 Å². The smallest absolute Gasteiger partial charge is 0.744 e. The van der Waals surface area contributed by atoms with Crippen molar-refractivity contribution in [2.45, 2.75) is 18.2 Å². The van der Waals surface area contributed by atoms with Gasteiger partial charge >= 0.3 is 18.9 Å². The SMILES string of the molecule is COCCC(=O)c1cc(C)ccc1S(=O)(=O)[O-].[Li+]. The zero-order valence-electron chi connectivity index (χ0n) is 10.6. The number of aryl methyl sites for hydroxylation is 1. The molecule has 0 amide bonds. The van der Waals surface area contributed by atoms with Crippen molar-refractivity contribution in [2.75, 3.05) is 13.7 Å². The van der Waals surface area contributed by atoms with Crippen LogP contribution in [0, 0.1) is 6.92 Å². The molecule has 0 fully saturated rings. The van der Waals surface area contributed by atoms with Crippen molar-refractivity contribution in [3.8, 4) is 0 Å². The van der Waals surface area contributed by atoms with Gasteiger partial charge in [0, 0.05) is 19.1 Å². The number of hydrogen-bond donors (Lipinski definition) is 0. The van der Waals surface area contributed by atoms with Crippen molar-refractivity contribution in [3.63, 3.8) is 0 Å². The van der Waals surface area contributed by atoms with E-state index < -0.39 is 20.8 Å². The Hall–Kier alpha value is -0.643. The molecule has 0 aliphatic rings. The Bertz CT molecular complexity index is 524. The van der Waals surface area contributed by atoms with E-state index in [2.05, 4.69) is 0 Å². The van der Waals surface area contributed by atoms with Crippen LogP contribution < -0.4 is 18.9 Å². The zero-order chi connectivity index (χ0) is 13.1. The van der Waals surface area contributed by atoms with Crippen LogP contribution in [0.2, 0.25) is 0 Å². The Labute approximate surface area is 118 Å². The zero-order valence-corrected chi connectivity index (χ0v) is 11.4. The largest absolute Gasteiger partial charge is 1.00 e. The Kier molecular flexibility index (Phi) is 6.82. The summed E-state index contributed by atoms with van der Waals surface area (Å²) in [5, 5.41) is 0. The quantitative estimate of drug-likeness (QED) is 0.353. The van der Waals surface area contributed by atoms with Gasteiger partial charge in [-0.15, -0.1) is 0 Å². The topological polar surface area (TPSA) is 83.5 Å². The van der Waals surface area contributed by atoms with Gasteiger partial charge in [-0.2, -0.15) is 0 Å². The Balaban J connectivity index is 0.00000289. The van der Waals surface area contributed by atoms with Crippen molar-refractivity contribution in [1.82, 2.24) is 0 Å².